The van der Waals surface area contributed by atoms with Gasteiger partial charge in [0.15, 0.2) is 27.8 Å². The van der Waals surface area contributed by atoms with Crippen molar-refractivity contribution in [3.05, 3.63) is 50.8 Å². The third-order valence-corrected chi connectivity index (χ3v) is 10.3. The van der Waals surface area contributed by atoms with E-state index >= 15 is 0 Å². The number of amides is 2. The van der Waals surface area contributed by atoms with E-state index in [1.54, 1.807) is 0 Å². The van der Waals surface area contributed by atoms with Gasteiger partial charge in [0.25, 0.3) is 11.8 Å². The molecule has 1 aromatic carbocycles. The number of hydrogen-bond acceptors (Lipinski definition) is 15. The van der Waals surface area contributed by atoms with Gasteiger partial charge in [-0.25, -0.2) is 4.98 Å². The second-order valence-electron chi connectivity index (χ2n) is 8.35. The minimum absolute atomic E-state index is 0. The number of β-lactam (4-membered cyclic amide) rings is 1. The van der Waals surface area contributed by atoms with Crippen molar-refractivity contribution < 1.29 is 64.1 Å². The number of rotatable bonds is 8. The van der Waals surface area contributed by atoms with Crippen LogP contribution in [0.2, 0.25) is 0 Å². The second-order valence-corrected chi connectivity index (χ2v) is 12.7. The molecule has 4 heterocycles. The molecule has 0 saturated carbocycles. The van der Waals surface area contributed by atoms with Crippen molar-refractivity contribution in [2.24, 2.45) is 5.16 Å². The Kier molecular flexibility index (Phi) is 9.57. The number of thiazole rings is 1. The number of nitrogens with two attached hydrogens (primary N) is 1. The average Bonchev–Trinajstić information content (AvgIpc) is 3.35. The predicted octanol–water partition coefficient (Wildman–Crippen LogP) is -2.74. The molecule has 5 rings (SSSR count). The number of hydrogen-bond donors (Lipinski definition) is 4. The predicted molar refractivity (Wildman–Crippen MR) is 149 cm³/mol. The Morgan fingerprint density at radius 1 is 1.29 bits per heavy atom. The summed E-state index contributed by atoms with van der Waals surface area (Å²) in [7, 11) is 1.25. The van der Waals surface area contributed by atoms with E-state index < -0.39 is 34.9 Å². The standard InChI is InChI=1S/C23H19N5O8S4.Na/c1-36-27-16(10-7-39-23(24)25-10)19(32)26-17-20(33)28-18(22(34)35)8(6-38-21(17)28)5-37-15-4-11(29)9-2-12(30)13(31)3-14(9)40-15;/h2-4,7,17,21,30-31H,5-6H2,1H3,(H2,24,25)(H,26,32)(H,34,35);/q;+1/p-1/b27-16-;/t17-,21-;/m1./s1. The van der Waals surface area contributed by atoms with Gasteiger partial charge in [0.05, 0.1) is 15.9 Å². The Balaban J connectivity index is 0.00000387. The van der Waals surface area contributed by atoms with Crippen LogP contribution in [0.1, 0.15) is 5.69 Å². The molecular formula is C23H18N5NaO8S4. The number of nitrogens with one attached hydrogen (secondary N) is 1. The third kappa shape index (κ3) is 6.06. The van der Waals surface area contributed by atoms with Crippen LogP contribution in [0.3, 0.4) is 0 Å². The average molecular weight is 644 g/mol. The van der Waals surface area contributed by atoms with E-state index in [-0.39, 0.29) is 79.9 Å². The number of nitrogen functional groups attached to an aromatic ring is 1. The maximum absolute atomic E-state index is 13.0. The van der Waals surface area contributed by atoms with Gasteiger partial charge in [0.1, 0.15) is 24.2 Å². The van der Waals surface area contributed by atoms with E-state index in [4.69, 9.17) is 10.6 Å². The van der Waals surface area contributed by atoms with Gasteiger partial charge in [-0.2, -0.15) is 0 Å². The Hall–Kier alpha value is -2.80. The number of aliphatic carboxylic acids is 1. The Bertz CT molecular complexity index is 1690. The molecule has 0 unspecified atom stereocenters. The van der Waals surface area contributed by atoms with Crippen molar-refractivity contribution in [2.75, 3.05) is 24.3 Å². The Morgan fingerprint density at radius 2 is 2.02 bits per heavy atom. The fraction of sp³-hybridized carbons (Fsp3) is 0.217. The molecule has 13 nitrogen and oxygen atoms in total. The molecule has 2 atom stereocenters. The van der Waals surface area contributed by atoms with Gasteiger partial charge in [-0.3, -0.25) is 19.3 Å². The van der Waals surface area contributed by atoms with Gasteiger partial charge < -0.3 is 36.0 Å². The van der Waals surface area contributed by atoms with Gasteiger partial charge in [-0.15, -0.1) is 46.2 Å². The number of oxime groups is 1. The number of nitrogens with zero attached hydrogens (tertiary/aromatic N) is 3. The molecule has 1 fully saturated rings. The number of aromatic hydroxyl groups is 2. The molecule has 208 valence electrons. The summed E-state index contributed by atoms with van der Waals surface area (Å²) in [6.45, 7) is 0. The number of phenolic OH excluding ortho intramolecular Hbond substituents is 2. The Morgan fingerprint density at radius 3 is 2.68 bits per heavy atom. The number of carbonyl (C=O) groups excluding carboxylic acids is 3. The van der Waals surface area contributed by atoms with Crippen LogP contribution >= 0.6 is 46.2 Å². The van der Waals surface area contributed by atoms with Gasteiger partial charge in [0.2, 0.25) is 0 Å². The third-order valence-electron chi connectivity index (χ3n) is 5.88. The SMILES string of the molecule is CO/N=C(\C(=O)N[C@@H]1C(=O)N2C(C(=O)[O-])=C(CSc3cc(=O)c4cc(O)c(O)cc4s3)CS[C@H]12)c1csc(N)n1.[Na+]. The first-order valence-electron chi connectivity index (χ1n) is 11.2. The van der Waals surface area contributed by atoms with Gasteiger partial charge in [-0.05, 0) is 11.6 Å². The monoisotopic (exact) mass is 643 g/mol. The topological polar surface area (TPSA) is 208 Å². The Labute approximate surface area is 269 Å². The fourth-order valence-electron chi connectivity index (χ4n) is 4.07. The number of aromatic nitrogens is 1. The summed E-state index contributed by atoms with van der Waals surface area (Å²) in [6, 6.07) is 2.82. The largest absolute Gasteiger partial charge is 1.00 e. The van der Waals surface area contributed by atoms with Crippen molar-refractivity contribution in [1.29, 1.82) is 0 Å². The van der Waals surface area contributed by atoms with Crippen LogP contribution in [0.5, 0.6) is 11.5 Å². The number of phenols is 2. The number of anilines is 1. The number of carbonyl (C=O) groups is 3. The van der Waals surface area contributed by atoms with E-state index in [2.05, 4.69) is 15.5 Å². The molecule has 5 N–H and O–H groups in total. The maximum Gasteiger partial charge on any atom is 1.00 e. The van der Waals surface area contributed by atoms with Crippen LogP contribution in [0.4, 0.5) is 5.13 Å². The van der Waals surface area contributed by atoms with Crippen molar-refractivity contribution in [2.45, 2.75) is 15.6 Å². The maximum atomic E-state index is 13.0. The smallest absolute Gasteiger partial charge is 0.543 e. The van der Waals surface area contributed by atoms with Crippen LogP contribution in [-0.2, 0) is 19.2 Å². The first-order chi connectivity index (χ1) is 19.1. The normalized spacial score (nSPS) is 18.4. The van der Waals surface area contributed by atoms with E-state index in [1.165, 1.54) is 65.5 Å². The van der Waals surface area contributed by atoms with Gasteiger partial charge in [-0.1, -0.05) is 5.16 Å². The molecule has 41 heavy (non-hydrogen) atoms. The molecule has 2 aliphatic heterocycles. The molecule has 18 heteroatoms. The number of fused-ring (bicyclic) bond motifs is 2. The fourth-order valence-corrected chi connectivity index (χ4v) is 8.34. The van der Waals surface area contributed by atoms with Crippen LogP contribution in [0, 0.1) is 0 Å². The molecule has 1 saturated heterocycles. The summed E-state index contributed by atoms with van der Waals surface area (Å²) < 4.78 is 0.998. The number of benzene rings is 1. The first kappa shape index (κ1) is 31.1. The minimum atomic E-state index is -1.54. The zero-order valence-electron chi connectivity index (χ0n) is 21.3. The quantitative estimate of drug-likeness (QED) is 0.0493. The summed E-state index contributed by atoms with van der Waals surface area (Å²) >= 11 is 4.75. The number of thioether (sulfide) groups is 2. The molecule has 2 aromatic heterocycles. The van der Waals surface area contributed by atoms with Crippen LogP contribution in [0.15, 0.2) is 49.0 Å². The number of carboxylic acid groups (broad SMARTS) is 1. The summed E-state index contributed by atoms with van der Waals surface area (Å²) in [5.41, 5.74) is 5.38. The number of carboxylic acids is 1. The van der Waals surface area contributed by atoms with E-state index in [1.807, 2.05) is 0 Å². The van der Waals surface area contributed by atoms with Crippen LogP contribution in [0.25, 0.3) is 10.1 Å². The van der Waals surface area contributed by atoms with E-state index in [0.29, 0.717) is 14.5 Å². The van der Waals surface area contributed by atoms with Crippen LogP contribution < -0.4 is 51.1 Å². The van der Waals surface area contributed by atoms with Crippen molar-refractivity contribution >= 4 is 84.9 Å². The molecule has 2 aliphatic rings. The molecular weight excluding hydrogens is 626 g/mol. The molecule has 0 spiro atoms. The van der Waals surface area contributed by atoms with Crippen molar-refractivity contribution in [3.63, 3.8) is 0 Å². The zero-order valence-corrected chi connectivity index (χ0v) is 26.5. The summed E-state index contributed by atoms with van der Waals surface area (Å²) in [6.07, 6.45) is 0. The van der Waals surface area contributed by atoms with Gasteiger partial charge in [0, 0.05) is 39.1 Å². The van der Waals surface area contributed by atoms with E-state index in [9.17, 15) is 34.5 Å². The summed E-state index contributed by atoms with van der Waals surface area (Å²) in [5.74, 6) is -3.30. The molecule has 2 amide bonds. The molecule has 0 bridgehead atoms. The van der Waals surface area contributed by atoms with Crippen molar-refractivity contribution in [3.8, 4) is 11.5 Å². The second kappa shape index (κ2) is 12.6. The zero-order chi connectivity index (χ0) is 28.7. The molecule has 0 aliphatic carbocycles. The van der Waals surface area contributed by atoms with Gasteiger partial charge >= 0.3 is 29.6 Å². The molecule has 0 radical (unpaired) electrons. The molecule has 3 aromatic rings. The summed E-state index contributed by atoms with van der Waals surface area (Å²) in [5, 5.41) is 39.1. The van der Waals surface area contributed by atoms with Crippen LogP contribution in [-0.4, -0.2) is 73.6 Å². The first-order valence-corrected chi connectivity index (χ1v) is 15.0. The van der Waals surface area contributed by atoms with Crippen molar-refractivity contribution in [1.82, 2.24) is 15.2 Å². The minimum Gasteiger partial charge on any atom is -0.543 e. The summed E-state index contributed by atoms with van der Waals surface area (Å²) in [4.78, 5) is 60.3. The van der Waals surface area contributed by atoms with E-state index in [0.717, 1.165) is 16.2 Å².